The molecule has 0 spiro atoms. The van der Waals surface area contributed by atoms with Gasteiger partial charge in [0.05, 0.1) is 19.3 Å². The van der Waals surface area contributed by atoms with E-state index in [1.54, 1.807) is 0 Å². The van der Waals surface area contributed by atoms with Crippen LogP contribution in [0.3, 0.4) is 0 Å². The van der Waals surface area contributed by atoms with E-state index in [9.17, 15) is 9.59 Å². The number of hydrogen-bond donors (Lipinski definition) is 3. The Balaban J connectivity index is 1.52. The van der Waals surface area contributed by atoms with Crippen LogP contribution in [0.4, 0.5) is 10.5 Å². The molecule has 2 fully saturated rings. The van der Waals surface area contributed by atoms with Gasteiger partial charge in [0.2, 0.25) is 5.91 Å². The Bertz CT molecular complexity index is 599. The molecule has 2 aliphatic rings. The first-order valence-corrected chi connectivity index (χ1v) is 8.91. The second-order valence-electron chi connectivity index (χ2n) is 6.52. The number of carbonyl (C=O) groups excluding carboxylic acids is 2. The van der Waals surface area contributed by atoms with Crippen molar-refractivity contribution in [2.75, 3.05) is 37.7 Å². The van der Waals surface area contributed by atoms with Crippen LogP contribution in [-0.2, 0) is 9.53 Å². The lowest BCUT2D eigenvalue weighted by molar-refractivity contribution is -0.124. The topological polar surface area (TPSA) is 82.7 Å². The summed E-state index contributed by atoms with van der Waals surface area (Å²) in [5.74, 6) is -0.107. The molecule has 2 atom stereocenters. The number of morpholine rings is 1. The molecule has 2 heterocycles. The van der Waals surface area contributed by atoms with Crippen LogP contribution in [0.1, 0.15) is 31.4 Å². The molecule has 3 N–H and O–H groups in total. The van der Waals surface area contributed by atoms with Crippen LogP contribution in [0.25, 0.3) is 0 Å². The zero-order chi connectivity index (χ0) is 17.6. The lowest BCUT2D eigenvalue weighted by Crippen LogP contribution is -2.52. The number of urea groups is 1. The zero-order valence-corrected chi connectivity index (χ0v) is 14.6. The second-order valence-corrected chi connectivity index (χ2v) is 6.52. The predicted molar refractivity (Wildman–Crippen MR) is 95.6 cm³/mol. The number of benzene rings is 1. The van der Waals surface area contributed by atoms with Crippen LogP contribution in [0.15, 0.2) is 24.3 Å². The van der Waals surface area contributed by atoms with Crippen LogP contribution < -0.4 is 20.9 Å². The van der Waals surface area contributed by atoms with E-state index in [2.05, 4.69) is 33.0 Å². The van der Waals surface area contributed by atoms with Gasteiger partial charge in [-0.05, 0) is 37.5 Å². The molecule has 2 aliphatic heterocycles. The minimum absolute atomic E-state index is 0.107. The van der Waals surface area contributed by atoms with Crippen molar-refractivity contribution in [2.45, 2.75) is 31.8 Å². The first-order chi connectivity index (χ1) is 12.1. The third-order valence-corrected chi connectivity index (χ3v) is 4.71. The van der Waals surface area contributed by atoms with E-state index in [1.165, 1.54) is 5.69 Å². The highest BCUT2D eigenvalue weighted by atomic mass is 16.5. The Morgan fingerprint density at radius 2 is 2.00 bits per heavy atom. The highest BCUT2D eigenvalue weighted by Crippen LogP contribution is 2.20. The van der Waals surface area contributed by atoms with E-state index in [4.69, 9.17) is 4.74 Å². The maximum absolute atomic E-state index is 12.1. The molecule has 1 aromatic carbocycles. The summed E-state index contributed by atoms with van der Waals surface area (Å²) < 4.78 is 5.37. The SMILES string of the molecule is CC(NC(=O)NC1CCCNC1=O)c1ccc(N2CCOCC2)cc1. The molecule has 0 aromatic heterocycles. The van der Waals surface area contributed by atoms with Crippen molar-refractivity contribution in [2.24, 2.45) is 0 Å². The fourth-order valence-corrected chi connectivity index (χ4v) is 3.19. The summed E-state index contributed by atoms with van der Waals surface area (Å²) in [7, 11) is 0. The van der Waals surface area contributed by atoms with Gasteiger partial charge in [-0.3, -0.25) is 4.79 Å². The summed E-state index contributed by atoms with van der Waals surface area (Å²) in [6.07, 6.45) is 1.57. The van der Waals surface area contributed by atoms with Crippen LogP contribution in [0.2, 0.25) is 0 Å². The van der Waals surface area contributed by atoms with Gasteiger partial charge in [-0.15, -0.1) is 0 Å². The third kappa shape index (κ3) is 4.63. The van der Waals surface area contributed by atoms with Crippen molar-refractivity contribution in [3.05, 3.63) is 29.8 Å². The fraction of sp³-hybridized carbons (Fsp3) is 0.556. The van der Waals surface area contributed by atoms with Gasteiger partial charge in [-0.1, -0.05) is 12.1 Å². The van der Waals surface area contributed by atoms with Crippen LogP contribution in [0.5, 0.6) is 0 Å². The maximum atomic E-state index is 12.1. The van der Waals surface area contributed by atoms with Gasteiger partial charge >= 0.3 is 6.03 Å². The van der Waals surface area contributed by atoms with Crippen molar-refractivity contribution < 1.29 is 14.3 Å². The third-order valence-electron chi connectivity index (χ3n) is 4.71. The van der Waals surface area contributed by atoms with Gasteiger partial charge in [0.25, 0.3) is 0 Å². The van der Waals surface area contributed by atoms with E-state index in [-0.39, 0.29) is 18.0 Å². The van der Waals surface area contributed by atoms with Gasteiger partial charge in [-0.2, -0.15) is 0 Å². The Morgan fingerprint density at radius 1 is 1.28 bits per heavy atom. The Kier molecular flexibility index (Phi) is 5.75. The molecule has 3 rings (SSSR count). The van der Waals surface area contributed by atoms with Crippen molar-refractivity contribution in [1.29, 1.82) is 0 Å². The first-order valence-electron chi connectivity index (χ1n) is 8.91. The quantitative estimate of drug-likeness (QED) is 0.764. The molecule has 7 heteroatoms. The molecule has 0 saturated carbocycles. The number of anilines is 1. The lowest BCUT2D eigenvalue weighted by Gasteiger charge is -2.29. The summed E-state index contributed by atoms with van der Waals surface area (Å²) in [5, 5.41) is 8.41. The van der Waals surface area contributed by atoms with Crippen molar-refractivity contribution >= 4 is 17.6 Å². The number of piperidine rings is 1. The Hall–Kier alpha value is -2.28. The minimum atomic E-state index is -0.440. The van der Waals surface area contributed by atoms with E-state index in [0.717, 1.165) is 38.3 Å². The molecule has 0 aliphatic carbocycles. The highest BCUT2D eigenvalue weighted by molar-refractivity contribution is 5.87. The van der Waals surface area contributed by atoms with Gasteiger partial charge in [0, 0.05) is 25.3 Å². The molecular weight excluding hydrogens is 320 g/mol. The first kappa shape index (κ1) is 17.5. The molecular formula is C18H26N4O3. The van der Waals surface area contributed by atoms with Gasteiger partial charge in [-0.25, -0.2) is 4.79 Å². The second kappa shape index (κ2) is 8.20. The Morgan fingerprint density at radius 3 is 2.68 bits per heavy atom. The zero-order valence-electron chi connectivity index (χ0n) is 14.6. The predicted octanol–water partition coefficient (Wildman–Crippen LogP) is 1.16. The smallest absolute Gasteiger partial charge is 0.315 e. The summed E-state index contributed by atoms with van der Waals surface area (Å²) in [6, 6.07) is 7.32. The number of ether oxygens (including phenoxy) is 1. The number of rotatable bonds is 4. The normalized spacial score (nSPS) is 22.0. The summed E-state index contributed by atoms with van der Waals surface area (Å²) in [6.45, 7) is 5.94. The van der Waals surface area contributed by atoms with Crippen LogP contribution in [-0.4, -0.2) is 50.8 Å². The fourth-order valence-electron chi connectivity index (χ4n) is 3.19. The largest absolute Gasteiger partial charge is 0.378 e. The molecule has 2 unspecified atom stereocenters. The summed E-state index contributed by atoms with van der Waals surface area (Å²) in [5.41, 5.74) is 2.20. The molecule has 7 nitrogen and oxygen atoms in total. The highest BCUT2D eigenvalue weighted by Gasteiger charge is 2.24. The number of nitrogens with zero attached hydrogens (tertiary/aromatic N) is 1. The molecule has 3 amide bonds. The van der Waals surface area contributed by atoms with Crippen LogP contribution in [0, 0.1) is 0 Å². The van der Waals surface area contributed by atoms with Crippen LogP contribution >= 0.6 is 0 Å². The number of hydrogen-bond acceptors (Lipinski definition) is 4. The average molecular weight is 346 g/mol. The van der Waals surface area contributed by atoms with Crippen molar-refractivity contribution in [1.82, 2.24) is 16.0 Å². The molecule has 136 valence electrons. The van der Waals surface area contributed by atoms with Gasteiger partial charge < -0.3 is 25.6 Å². The lowest BCUT2D eigenvalue weighted by atomic mass is 10.1. The molecule has 1 aromatic rings. The molecule has 25 heavy (non-hydrogen) atoms. The average Bonchev–Trinajstić information content (AvgIpc) is 2.64. The minimum Gasteiger partial charge on any atom is -0.378 e. The molecule has 0 radical (unpaired) electrons. The standard InChI is InChI=1S/C18H26N4O3/c1-13(20-18(24)21-16-3-2-8-19-17(16)23)14-4-6-15(7-5-14)22-9-11-25-12-10-22/h4-7,13,16H,2-3,8-12H2,1H3,(H,19,23)(H2,20,21,24). The molecule has 2 saturated heterocycles. The number of carbonyl (C=O) groups is 2. The van der Waals surface area contributed by atoms with E-state index in [1.807, 2.05) is 19.1 Å². The van der Waals surface area contributed by atoms with Crippen molar-refractivity contribution in [3.8, 4) is 0 Å². The maximum Gasteiger partial charge on any atom is 0.315 e. The van der Waals surface area contributed by atoms with E-state index in [0.29, 0.717) is 13.0 Å². The Labute approximate surface area is 148 Å². The monoisotopic (exact) mass is 346 g/mol. The molecule has 0 bridgehead atoms. The van der Waals surface area contributed by atoms with Crippen molar-refractivity contribution in [3.63, 3.8) is 0 Å². The number of amides is 3. The summed E-state index contributed by atoms with van der Waals surface area (Å²) in [4.78, 5) is 26.1. The van der Waals surface area contributed by atoms with E-state index >= 15 is 0 Å². The van der Waals surface area contributed by atoms with Gasteiger partial charge in [0.1, 0.15) is 6.04 Å². The van der Waals surface area contributed by atoms with E-state index < -0.39 is 6.04 Å². The van der Waals surface area contributed by atoms with Gasteiger partial charge in [0.15, 0.2) is 0 Å². The number of nitrogens with one attached hydrogen (secondary N) is 3. The summed E-state index contributed by atoms with van der Waals surface area (Å²) >= 11 is 0.